The normalized spacial score (nSPS) is 17.0. The van der Waals surface area contributed by atoms with Gasteiger partial charge in [0.05, 0.1) is 6.10 Å². The van der Waals surface area contributed by atoms with Gasteiger partial charge >= 0.3 is 0 Å². The second kappa shape index (κ2) is 7.22. The van der Waals surface area contributed by atoms with Gasteiger partial charge in [0.25, 0.3) is 5.91 Å². The topological polar surface area (TPSA) is 62.8 Å². The van der Waals surface area contributed by atoms with E-state index in [4.69, 9.17) is 0 Å². The molecular weight excluding hydrogens is 364 g/mol. The fraction of sp³-hybridized carbons (Fsp3) is 0.217. The Morgan fingerprint density at radius 2 is 1.83 bits per heavy atom. The summed E-state index contributed by atoms with van der Waals surface area (Å²) in [6.07, 6.45) is 5.02. The molecule has 1 aliphatic rings. The molecule has 1 N–H and O–H groups in total. The van der Waals surface area contributed by atoms with Crippen molar-refractivity contribution in [3.8, 4) is 16.9 Å². The third kappa shape index (κ3) is 3.32. The number of benzene rings is 1. The highest BCUT2D eigenvalue weighted by Crippen LogP contribution is 2.23. The lowest BCUT2D eigenvalue weighted by molar-refractivity contribution is 0.0468. The van der Waals surface area contributed by atoms with Crippen LogP contribution in [0.25, 0.3) is 22.5 Å². The molecule has 0 bridgehead atoms. The Balaban J connectivity index is 1.48. The second-order valence-electron chi connectivity index (χ2n) is 7.46. The standard InChI is InChI=1S/C23H22N4O2/c28-20-7-4-13-25(16-20)23(29)21-12-14-27(24-21)22-11-10-19-9-8-18(15-26(19)22)17-5-2-1-3-6-17/h1-3,5-6,8-12,14-15,20,28H,4,7,13,16H2. The first-order valence-electron chi connectivity index (χ1n) is 9.89. The van der Waals surface area contributed by atoms with Gasteiger partial charge in [-0.2, -0.15) is 5.10 Å². The van der Waals surface area contributed by atoms with Gasteiger partial charge in [0.2, 0.25) is 0 Å². The molecule has 1 amide bonds. The average molecular weight is 386 g/mol. The molecule has 1 atom stereocenters. The zero-order valence-corrected chi connectivity index (χ0v) is 16.0. The zero-order valence-electron chi connectivity index (χ0n) is 16.0. The summed E-state index contributed by atoms with van der Waals surface area (Å²) in [7, 11) is 0. The van der Waals surface area contributed by atoms with Crippen molar-refractivity contribution in [2.24, 2.45) is 0 Å². The number of carbonyl (C=O) groups is 1. The van der Waals surface area contributed by atoms with Crippen LogP contribution in [0.2, 0.25) is 0 Å². The van der Waals surface area contributed by atoms with E-state index in [1.54, 1.807) is 15.6 Å². The second-order valence-corrected chi connectivity index (χ2v) is 7.46. The van der Waals surface area contributed by atoms with E-state index >= 15 is 0 Å². The van der Waals surface area contributed by atoms with Gasteiger partial charge in [-0.25, -0.2) is 4.68 Å². The number of hydrogen-bond acceptors (Lipinski definition) is 3. The van der Waals surface area contributed by atoms with Gasteiger partial charge in [-0.15, -0.1) is 0 Å². The van der Waals surface area contributed by atoms with Crippen LogP contribution < -0.4 is 0 Å². The van der Waals surface area contributed by atoms with Crippen LogP contribution in [0.3, 0.4) is 0 Å². The average Bonchev–Trinajstić information content (AvgIpc) is 3.40. The molecule has 1 saturated heterocycles. The molecule has 0 radical (unpaired) electrons. The number of aliphatic hydroxyl groups is 1. The third-order valence-corrected chi connectivity index (χ3v) is 5.46. The van der Waals surface area contributed by atoms with Gasteiger partial charge < -0.3 is 14.4 Å². The smallest absolute Gasteiger partial charge is 0.274 e. The van der Waals surface area contributed by atoms with Gasteiger partial charge in [0, 0.05) is 31.0 Å². The number of aliphatic hydroxyl groups excluding tert-OH is 1. The quantitative estimate of drug-likeness (QED) is 0.587. The fourth-order valence-electron chi connectivity index (χ4n) is 3.94. The summed E-state index contributed by atoms with van der Waals surface area (Å²) in [5.74, 6) is 0.740. The van der Waals surface area contributed by atoms with E-state index in [1.807, 2.05) is 36.5 Å². The molecule has 4 heterocycles. The Bertz CT molecular complexity index is 1160. The summed E-state index contributed by atoms with van der Waals surface area (Å²) in [6.45, 7) is 1.04. The highest BCUT2D eigenvalue weighted by Gasteiger charge is 2.24. The van der Waals surface area contributed by atoms with Crippen molar-refractivity contribution in [2.75, 3.05) is 13.1 Å². The number of β-amino-alcohol motifs (C(OH)–C–C–N with tert-alkyl or cyclic N) is 1. The number of aromatic nitrogens is 3. The van der Waals surface area contributed by atoms with Crippen molar-refractivity contribution >= 4 is 11.4 Å². The number of hydrogen-bond donors (Lipinski definition) is 1. The highest BCUT2D eigenvalue weighted by molar-refractivity contribution is 5.92. The summed E-state index contributed by atoms with van der Waals surface area (Å²) in [4.78, 5) is 14.4. The molecule has 5 rings (SSSR count). The molecule has 6 heteroatoms. The molecule has 0 spiro atoms. The van der Waals surface area contributed by atoms with Gasteiger partial charge in [-0.3, -0.25) is 4.79 Å². The Morgan fingerprint density at radius 1 is 1.00 bits per heavy atom. The van der Waals surface area contributed by atoms with Gasteiger partial charge in [-0.05, 0) is 48.2 Å². The first kappa shape index (κ1) is 17.7. The summed E-state index contributed by atoms with van der Waals surface area (Å²) in [5, 5.41) is 14.4. The number of rotatable bonds is 3. The Labute approximate surface area is 168 Å². The SMILES string of the molecule is O=C(c1ccn(-c2ccc3ccc(-c4ccccc4)cn23)n1)N1CCCC(O)C1. The molecule has 1 aromatic carbocycles. The monoisotopic (exact) mass is 386 g/mol. The predicted octanol–water partition coefficient (Wildman–Crippen LogP) is 3.39. The van der Waals surface area contributed by atoms with E-state index in [9.17, 15) is 9.90 Å². The summed E-state index contributed by atoms with van der Waals surface area (Å²) >= 11 is 0. The Morgan fingerprint density at radius 3 is 2.66 bits per heavy atom. The van der Waals surface area contributed by atoms with Crippen LogP contribution in [0.15, 0.2) is 73.1 Å². The number of piperidine rings is 1. The first-order valence-corrected chi connectivity index (χ1v) is 9.89. The maximum Gasteiger partial charge on any atom is 0.274 e. The Kier molecular flexibility index (Phi) is 4.41. The fourth-order valence-corrected chi connectivity index (χ4v) is 3.94. The minimum absolute atomic E-state index is 0.131. The first-order chi connectivity index (χ1) is 14.2. The maximum absolute atomic E-state index is 12.8. The minimum atomic E-state index is -0.444. The molecule has 0 aliphatic carbocycles. The molecule has 3 aromatic heterocycles. The summed E-state index contributed by atoms with van der Waals surface area (Å²) in [5.41, 5.74) is 3.71. The van der Waals surface area contributed by atoms with Gasteiger partial charge in [-0.1, -0.05) is 36.4 Å². The van der Waals surface area contributed by atoms with Crippen molar-refractivity contribution < 1.29 is 9.90 Å². The Hall–Kier alpha value is -3.38. The molecule has 6 nitrogen and oxygen atoms in total. The van der Waals surface area contributed by atoms with Crippen molar-refractivity contribution in [1.29, 1.82) is 0 Å². The van der Waals surface area contributed by atoms with Crippen molar-refractivity contribution in [2.45, 2.75) is 18.9 Å². The van der Waals surface area contributed by atoms with Crippen LogP contribution in [-0.2, 0) is 0 Å². The van der Waals surface area contributed by atoms with Crippen molar-refractivity contribution in [1.82, 2.24) is 19.1 Å². The van der Waals surface area contributed by atoms with Gasteiger partial charge in [0.1, 0.15) is 5.82 Å². The van der Waals surface area contributed by atoms with E-state index in [-0.39, 0.29) is 5.91 Å². The molecule has 1 aliphatic heterocycles. The van der Waals surface area contributed by atoms with Gasteiger partial charge in [0.15, 0.2) is 5.69 Å². The highest BCUT2D eigenvalue weighted by atomic mass is 16.3. The number of carbonyl (C=O) groups excluding carboxylic acids is 1. The van der Waals surface area contributed by atoms with E-state index in [2.05, 4.69) is 40.0 Å². The number of pyridine rings is 1. The molecular formula is C23H22N4O2. The van der Waals surface area contributed by atoms with E-state index in [0.717, 1.165) is 35.3 Å². The van der Waals surface area contributed by atoms with Crippen LogP contribution in [0, 0.1) is 0 Å². The number of amides is 1. The molecule has 0 saturated carbocycles. The van der Waals surface area contributed by atoms with Crippen LogP contribution in [0.4, 0.5) is 0 Å². The predicted molar refractivity (Wildman–Crippen MR) is 111 cm³/mol. The van der Waals surface area contributed by atoms with E-state index in [1.165, 1.54) is 0 Å². The lowest BCUT2D eigenvalue weighted by atomic mass is 10.1. The molecule has 1 fully saturated rings. The molecule has 146 valence electrons. The van der Waals surface area contributed by atoms with Crippen LogP contribution in [0.5, 0.6) is 0 Å². The molecule has 1 unspecified atom stereocenters. The summed E-state index contributed by atoms with van der Waals surface area (Å²) < 4.78 is 3.81. The molecule has 4 aromatic rings. The number of nitrogens with zero attached hydrogens (tertiary/aromatic N) is 4. The van der Waals surface area contributed by atoms with Crippen LogP contribution >= 0.6 is 0 Å². The van der Waals surface area contributed by atoms with Crippen LogP contribution in [-0.4, -0.2) is 49.3 Å². The number of fused-ring (bicyclic) bond motifs is 1. The number of likely N-dealkylation sites (tertiary alicyclic amines) is 1. The lowest BCUT2D eigenvalue weighted by Gasteiger charge is -2.29. The largest absolute Gasteiger partial charge is 0.391 e. The summed E-state index contributed by atoms with van der Waals surface area (Å²) in [6, 6.07) is 20.2. The minimum Gasteiger partial charge on any atom is -0.391 e. The van der Waals surface area contributed by atoms with Crippen LogP contribution in [0.1, 0.15) is 23.3 Å². The maximum atomic E-state index is 12.8. The third-order valence-electron chi connectivity index (χ3n) is 5.46. The van der Waals surface area contributed by atoms with Crippen molar-refractivity contribution in [3.05, 3.63) is 78.8 Å². The molecule has 29 heavy (non-hydrogen) atoms. The van der Waals surface area contributed by atoms with E-state index in [0.29, 0.717) is 18.8 Å². The lowest BCUT2D eigenvalue weighted by Crippen LogP contribution is -2.42. The van der Waals surface area contributed by atoms with Crippen molar-refractivity contribution in [3.63, 3.8) is 0 Å². The van der Waals surface area contributed by atoms with E-state index < -0.39 is 6.10 Å². The zero-order chi connectivity index (χ0) is 19.8.